The van der Waals surface area contributed by atoms with Gasteiger partial charge < -0.3 is 10.4 Å². The van der Waals surface area contributed by atoms with Crippen LogP contribution in [0.15, 0.2) is 28.7 Å². The summed E-state index contributed by atoms with van der Waals surface area (Å²) in [5, 5.41) is 12.7. The van der Waals surface area contributed by atoms with Gasteiger partial charge in [0.15, 0.2) is 0 Å². The maximum Gasteiger partial charge on any atom is 0.0558 e. The lowest BCUT2D eigenvalue weighted by Gasteiger charge is -2.31. The van der Waals surface area contributed by atoms with Crippen molar-refractivity contribution in [2.45, 2.75) is 45.2 Å². The van der Waals surface area contributed by atoms with E-state index in [1.165, 1.54) is 5.56 Å². The van der Waals surface area contributed by atoms with Crippen LogP contribution in [0.25, 0.3) is 0 Å². The summed E-state index contributed by atoms with van der Waals surface area (Å²) in [6.45, 7) is 6.45. The predicted octanol–water partition coefficient (Wildman–Crippen LogP) is 3.58. The molecule has 1 atom stereocenters. The Hall–Kier alpha value is -0.420. The zero-order chi connectivity index (χ0) is 15.7. The van der Waals surface area contributed by atoms with Gasteiger partial charge in [0, 0.05) is 29.6 Å². The van der Waals surface area contributed by atoms with E-state index in [4.69, 9.17) is 0 Å². The van der Waals surface area contributed by atoms with Crippen LogP contribution in [0.4, 0.5) is 0 Å². The second-order valence-corrected chi connectivity index (χ2v) is 6.33. The number of nitrogens with one attached hydrogen (secondary N) is 1. The average Bonchev–Trinajstić information content (AvgIpc) is 2.49. The third kappa shape index (κ3) is 6.07. The molecule has 4 heteroatoms. The van der Waals surface area contributed by atoms with Crippen molar-refractivity contribution in [3.63, 3.8) is 0 Å². The van der Waals surface area contributed by atoms with Gasteiger partial charge in [0.2, 0.25) is 0 Å². The number of rotatable bonds is 10. The van der Waals surface area contributed by atoms with E-state index >= 15 is 0 Å². The predicted molar refractivity (Wildman–Crippen MR) is 93.6 cm³/mol. The molecular weight excluding hydrogens is 328 g/mol. The van der Waals surface area contributed by atoms with Gasteiger partial charge in [-0.2, -0.15) is 0 Å². The smallest absolute Gasteiger partial charge is 0.0558 e. The first kappa shape index (κ1) is 18.6. The van der Waals surface area contributed by atoms with Gasteiger partial charge in [-0.05, 0) is 44.0 Å². The van der Waals surface area contributed by atoms with Gasteiger partial charge in [0.05, 0.1) is 6.61 Å². The number of hydrogen-bond donors (Lipinski definition) is 2. The first-order valence-corrected chi connectivity index (χ1v) is 8.73. The Morgan fingerprint density at radius 2 is 1.95 bits per heavy atom. The minimum Gasteiger partial charge on any atom is -0.395 e. The van der Waals surface area contributed by atoms with Crippen LogP contribution in [-0.4, -0.2) is 42.8 Å². The van der Waals surface area contributed by atoms with Crippen molar-refractivity contribution < 1.29 is 5.11 Å². The zero-order valence-corrected chi connectivity index (χ0v) is 15.1. The zero-order valence-electron chi connectivity index (χ0n) is 13.5. The minimum atomic E-state index is 0.234. The quantitative estimate of drug-likeness (QED) is 0.672. The molecule has 3 nitrogen and oxygen atoms in total. The molecule has 2 N–H and O–H groups in total. The standard InChI is InChI=1S/C17H29BrN2O/c1-4-16(5-2)20(11-12-21)10-9-17(19-3)14-7-6-8-15(18)13-14/h6-8,13,16-17,19,21H,4-5,9-12H2,1-3H3. The number of hydrogen-bond acceptors (Lipinski definition) is 3. The first-order chi connectivity index (χ1) is 10.2. The molecular formula is C17H29BrN2O. The molecule has 0 saturated heterocycles. The fourth-order valence-electron chi connectivity index (χ4n) is 2.91. The van der Waals surface area contributed by atoms with Crippen LogP contribution >= 0.6 is 15.9 Å². The van der Waals surface area contributed by atoms with Crippen molar-refractivity contribution in [2.24, 2.45) is 0 Å². The van der Waals surface area contributed by atoms with Crippen LogP contribution in [0.1, 0.15) is 44.7 Å². The molecule has 1 aromatic rings. The van der Waals surface area contributed by atoms with E-state index < -0.39 is 0 Å². The van der Waals surface area contributed by atoms with Crippen LogP contribution in [0.3, 0.4) is 0 Å². The molecule has 120 valence electrons. The fourth-order valence-corrected chi connectivity index (χ4v) is 3.32. The van der Waals surface area contributed by atoms with Crippen molar-refractivity contribution >= 4 is 15.9 Å². The molecule has 1 aromatic carbocycles. The van der Waals surface area contributed by atoms with Crippen LogP contribution < -0.4 is 5.32 Å². The van der Waals surface area contributed by atoms with E-state index in [2.05, 4.69) is 64.3 Å². The van der Waals surface area contributed by atoms with Gasteiger partial charge in [0.25, 0.3) is 0 Å². The molecule has 1 unspecified atom stereocenters. The molecule has 0 spiro atoms. The molecule has 0 bridgehead atoms. The summed E-state index contributed by atoms with van der Waals surface area (Å²) in [6.07, 6.45) is 3.32. The highest BCUT2D eigenvalue weighted by Gasteiger charge is 2.17. The first-order valence-electron chi connectivity index (χ1n) is 7.93. The van der Waals surface area contributed by atoms with Crippen molar-refractivity contribution in [1.82, 2.24) is 10.2 Å². The van der Waals surface area contributed by atoms with Crippen LogP contribution in [0, 0.1) is 0 Å². The Morgan fingerprint density at radius 1 is 1.24 bits per heavy atom. The molecule has 0 aliphatic rings. The molecule has 0 amide bonds. The highest BCUT2D eigenvalue weighted by molar-refractivity contribution is 9.10. The third-order valence-electron chi connectivity index (χ3n) is 4.15. The second kappa shape index (κ2) is 10.3. The SMILES string of the molecule is CCC(CC)N(CCO)CCC(NC)c1cccc(Br)c1. The third-order valence-corrected chi connectivity index (χ3v) is 4.64. The fraction of sp³-hybridized carbons (Fsp3) is 0.647. The van der Waals surface area contributed by atoms with Crippen molar-refractivity contribution in [3.05, 3.63) is 34.3 Å². The largest absolute Gasteiger partial charge is 0.395 e. The van der Waals surface area contributed by atoms with Crippen molar-refractivity contribution in [2.75, 3.05) is 26.7 Å². The van der Waals surface area contributed by atoms with E-state index in [0.29, 0.717) is 12.1 Å². The van der Waals surface area contributed by atoms with Gasteiger partial charge in [-0.25, -0.2) is 0 Å². The van der Waals surface area contributed by atoms with Crippen LogP contribution in [-0.2, 0) is 0 Å². The normalized spacial score (nSPS) is 13.1. The Bertz CT molecular complexity index is 396. The number of aliphatic hydroxyl groups excluding tert-OH is 1. The molecule has 21 heavy (non-hydrogen) atoms. The summed E-state index contributed by atoms with van der Waals surface area (Å²) in [5.41, 5.74) is 1.31. The minimum absolute atomic E-state index is 0.234. The average molecular weight is 357 g/mol. The molecule has 1 rings (SSSR count). The van der Waals surface area contributed by atoms with E-state index in [-0.39, 0.29) is 6.61 Å². The molecule has 0 heterocycles. The number of halogens is 1. The lowest BCUT2D eigenvalue weighted by Crippen LogP contribution is -2.38. The molecule has 0 saturated carbocycles. The maximum atomic E-state index is 9.29. The molecule has 0 aromatic heterocycles. The van der Waals surface area contributed by atoms with Gasteiger partial charge in [-0.3, -0.25) is 4.90 Å². The monoisotopic (exact) mass is 356 g/mol. The van der Waals surface area contributed by atoms with Crippen molar-refractivity contribution in [3.8, 4) is 0 Å². The van der Waals surface area contributed by atoms with E-state index in [1.807, 2.05) is 7.05 Å². The van der Waals surface area contributed by atoms with E-state index in [0.717, 1.165) is 36.8 Å². The van der Waals surface area contributed by atoms with Crippen LogP contribution in [0.2, 0.25) is 0 Å². The lowest BCUT2D eigenvalue weighted by molar-refractivity contribution is 0.138. The summed E-state index contributed by atoms with van der Waals surface area (Å²) >= 11 is 3.54. The molecule has 0 fully saturated rings. The summed E-state index contributed by atoms with van der Waals surface area (Å²) < 4.78 is 1.12. The Balaban J connectivity index is 2.67. The lowest BCUT2D eigenvalue weighted by atomic mass is 10.0. The van der Waals surface area contributed by atoms with Gasteiger partial charge in [0.1, 0.15) is 0 Å². The maximum absolute atomic E-state index is 9.29. The second-order valence-electron chi connectivity index (χ2n) is 5.41. The number of nitrogens with zero attached hydrogens (tertiary/aromatic N) is 1. The number of aliphatic hydroxyl groups is 1. The summed E-state index contributed by atoms with van der Waals surface area (Å²) in [6, 6.07) is 9.39. The highest BCUT2D eigenvalue weighted by atomic mass is 79.9. The van der Waals surface area contributed by atoms with E-state index in [1.54, 1.807) is 0 Å². The Kier molecular flexibility index (Phi) is 9.16. The van der Waals surface area contributed by atoms with Gasteiger partial charge in [-0.15, -0.1) is 0 Å². The molecule has 0 aliphatic heterocycles. The summed E-state index contributed by atoms with van der Waals surface area (Å²) in [5.74, 6) is 0. The molecule has 0 radical (unpaired) electrons. The van der Waals surface area contributed by atoms with Gasteiger partial charge >= 0.3 is 0 Å². The number of benzene rings is 1. The topological polar surface area (TPSA) is 35.5 Å². The van der Waals surface area contributed by atoms with Crippen molar-refractivity contribution in [1.29, 1.82) is 0 Å². The van der Waals surface area contributed by atoms with E-state index in [9.17, 15) is 5.11 Å². The highest BCUT2D eigenvalue weighted by Crippen LogP contribution is 2.21. The van der Waals surface area contributed by atoms with Crippen LogP contribution in [0.5, 0.6) is 0 Å². The molecule has 0 aliphatic carbocycles. The Morgan fingerprint density at radius 3 is 2.48 bits per heavy atom. The Labute approximate surface area is 137 Å². The van der Waals surface area contributed by atoms with Gasteiger partial charge in [-0.1, -0.05) is 41.9 Å². The summed E-state index contributed by atoms with van der Waals surface area (Å²) in [4.78, 5) is 2.42. The summed E-state index contributed by atoms with van der Waals surface area (Å²) in [7, 11) is 2.01.